The lowest BCUT2D eigenvalue weighted by atomic mass is 9.97. The van der Waals surface area contributed by atoms with Crippen LogP contribution in [0, 0.1) is 5.82 Å². The summed E-state index contributed by atoms with van der Waals surface area (Å²) in [6.45, 7) is 0. The van der Waals surface area contributed by atoms with Gasteiger partial charge in [-0.2, -0.15) is 0 Å². The van der Waals surface area contributed by atoms with Crippen LogP contribution in [-0.2, 0) is 9.59 Å². The van der Waals surface area contributed by atoms with Gasteiger partial charge >= 0.3 is 0 Å². The second-order valence-electron chi connectivity index (χ2n) is 6.41. The number of ether oxygens (including phenoxy) is 1. The summed E-state index contributed by atoms with van der Waals surface area (Å²) in [5.41, 5.74) is 6.51. The Hall–Kier alpha value is -4.27. The predicted molar refractivity (Wildman–Crippen MR) is 107 cm³/mol. The standard InChI is InChI=1S/C21H16FN5O3/c22-15-10-12(18(19(23)28)21(29)27-13-2-1-7-24-11-13)3-4-17(15)30-16-6-9-26-20-14(16)5-8-25-20/h1-11,18H,(H2,23,28)(H,25,26)(H,27,29). The van der Waals surface area contributed by atoms with Gasteiger partial charge in [-0.25, -0.2) is 9.37 Å². The van der Waals surface area contributed by atoms with Gasteiger partial charge in [0.1, 0.15) is 17.3 Å². The zero-order valence-electron chi connectivity index (χ0n) is 15.5. The Bertz CT molecular complexity index is 1230. The number of benzene rings is 1. The first-order valence-corrected chi connectivity index (χ1v) is 8.92. The number of hydrogen-bond acceptors (Lipinski definition) is 5. The minimum Gasteiger partial charge on any atom is -0.453 e. The number of carbonyl (C=O) groups is 2. The highest BCUT2D eigenvalue weighted by molar-refractivity contribution is 6.10. The van der Waals surface area contributed by atoms with Crippen LogP contribution in [0.2, 0.25) is 0 Å². The van der Waals surface area contributed by atoms with Crippen LogP contribution >= 0.6 is 0 Å². The van der Waals surface area contributed by atoms with E-state index in [2.05, 4.69) is 20.3 Å². The van der Waals surface area contributed by atoms with Gasteiger partial charge in [0.15, 0.2) is 11.6 Å². The van der Waals surface area contributed by atoms with Gasteiger partial charge in [-0.1, -0.05) is 6.07 Å². The lowest BCUT2D eigenvalue weighted by Gasteiger charge is -2.15. The molecule has 1 aromatic carbocycles. The Morgan fingerprint density at radius 3 is 2.73 bits per heavy atom. The van der Waals surface area contributed by atoms with Crippen molar-refractivity contribution in [3.8, 4) is 11.5 Å². The molecule has 0 saturated heterocycles. The molecule has 4 N–H and O–H groups in total. The van der Waals surface area contributed by atoms with Crippen molar-refractivity contribution in [3.63, 3.8) is 0 Å². The van der Waals surface area contributed by atoms with Gasteiger partial charge in [-0.3, -0.25) is 14.6 Å². The van der Waals surface area contributed by atoms with E-state index in [1.807, 2.05) is 0 Å². The molecule has 0 saturated carbocycles. The topological polar surface area (TPSA) is 123 Å². The van der Waals surface area contributed by atoms with Crippen molar-refractivity contribution in [1.82, 2.24) is 15.0 Å². The first-order valence-electron chi connectivity index (χ1n) is 8.92. The number of nitrogens with one attached hydrogen (secondary N) is 2. The number of aromatic nitrogens is 3. The van der Waals surface area contributed by atoms with E-state index in [0.717, 1.165) is 6.07 Å². The predicted octanol–water partition coefficient (Wildman–Crippen LogP) is 3.10. The Balaban J connectivity index is 1.59. The third-order valence-electron chi connectivity index (χ3n) is 4.41. The van der Waals surface area contributed by atoms with Crippen LogP contribution < -0.4 is 15.8 Å². The molecule has 1 atom stereocenters. The molecule has 0 bridgehead atoms. The molecule has 4 aromatic rings. The van der Waals surface area contributed by atoms with Gasteiger partial charge in [0.2, 0.25) is 11.8 Å². The number of primary amides is 1. The number of hydrogen-bond donors (Lipinski definition) is 3. The van der Waals surface area contributed by atoms with Crippen molar-refractivity contribution in [3.05, 3.63) is 78.6 Å². The van der Waals surface area contributed by atoms with Gasteiger partial charge in [-0.15, -0.1) is 0 Å². The second-order valence-corrected chi connectivity index (χ2v) is 6.41. The number of H-pyrrole nitrogens is 1. The Labute approximate surface area is 169 Å². The maximum atomic E-state index is 14.7. The Kier molecular flexibility index (Phi) is 5.08. The van der Waals surface area contributed by atoms with E-state index < -0.39 is 23.5 Å². The van der Waals surface area contributed by atoms with Crippen LogP contribution in [0.1, 0.15) is 11.5 Å². The average Bonchev–Trinajstić information content (AvgIpc) is 3.20. The number of nitrogens with zero attached hydrogens (tertiary/aromatic N) is 2. The van der Waals surface area contributed by atoms with Crippen LogP contribution in [0.15, 0.2) is 67.3 Å². The van der Waals surface area contributed by atoms with Crippen molar-refractivity contribution in [2.75, 3.05) is 5.32 Å². The number of pyridine rings is 2. The SMILES string of the molecule is NC(=O)C(C(=O)Nc1cccnc1)c1ccc(Oc2ccnc3[nH]ccc23)c(F)c1. The van der Waals surface area contributed by atoms with E-state index in [9.17, 15) is 14.0 Å². The molecule has 8 nitrogen and oxygen atoms in total. The lowest BCUT2D eigenvalue weighted by molar-refractivity contribution is -0.127. The zero-order valence-corrected chi connectivity index (χ0v) is 15.5. The fraction of sp³-hybridized carbons (Fsp3) is 0.0476. The van der Waals surface area contributed by atoms with E-state index >= 15 is 0 Å². The lowest BCUT2D eigenvalue weighted by Crippen LogP contribution is -2.32. The highest BCUT2D eigenvalue weighted by atomic mass is 19.1. The van der Waals surface area contributed by atoms with Crippen molar-refractivity contribution in [2.45, 2.75) is 5.92 Å². The first-order chi connectivity index (χ1) is 14.5. The number of carbonyl (C=O) groups excluding carboxylic acids is 2. The molecular weight excluding hydrogens is 389 g/mol. The highest BCUT2D eigenvalue weighted by Gasteiger charge is 2.28. The summed E-state index contributed by atoms with van der Waals surface area (Å²) in [5.74, 6) is -3.38. The molecule has 0 aliphatic heterocycles. The number of fused-ring (bicyclic) bond motifs is 1. The number of anilines is 1. The molecule has 4 rings (SSSR count). The maximum absolute atomic E-state index is 14.7. The van der Waals surface area contributed by atoms with Crippen LogP contribution in [0.25, 0.3) is 11.0 Å². The van der Waals surface area contributed by atoms with Crippen LogP contribution in [-0.4, -0.2) is 26.8 Å². The van der Waals surface area contributed by atoms with E-state index in [1.165, 1.54) is 24.5 Å². The molecule has 9 heteroatoms. The molecule has 2 amide bonds. The second kappa shape index (κ2) is 8.00. The van der Waals surface area contributed by atoms with Gasteiger partial charge in [-0.05, 0) is 42.0 Å². The molecule has 150 valence electrons. The molecule has 0 radical (unpaired) electrons. The largest absolute Gasteiger partial charge is 0.453 e. The molecule has 0 aliphatic rings. The zero-order chi connectivity index (χ0) is 21.1. The van der Waals surface area contributed by atoms with Crippen molar-refractivity contribution in [1.29, 1.82) is 0 Å². The maximum Gasteiger partial charge on any atom is 0.241 e. The molecular formula is C21H16FN5O3. The fourth-order valence-corrected chi connectivity index (χ4v) is 3.02. The number of rotatable bonds is 6. The third kappa shape index (κ3) is 3.81. The van der Waals surface area contributed by atoms with Gasteiger partial charge in [0.05, 0.1) is 17.3 Å². The summed E-state index contributed by atoms with van der Waals surface area (Å²) < 4.78 is 20.4. The summed E-state index contributed by atoms with van der Waals surface area (Å²) in [6.07, 6.45) is 6.19. The molecule has 0 spiro atoms. The van der Waals surface area contributed by atoms with E-state index in [0.29, 0.717) is 22.5 Å². The summed E-state index contributed by atoms with van der Waals surface area (Å²) in [5, 5.41) is 3.23. The van der Waals surface area contributed by atoms with E-state index in [1.54, 1.807) is 36.7 Å². The Morgan fingerprint density at radius 1 is 1.13 bits per heavy atom. The minimum absolute atomic E-state index is 0.0664. The van der Waals surface area contributed by atoms with Crippen molar-refractivity contribution in [2.24, 2.45) is 5.73 Å². The van der Waals surface area contributed by atoms with Crippen molar-refractivity contribution < 1.29 is 18.7 Å². The number of amides is 2. The normalized spacial score (nSPS) is 11.8. The van der Waals surface area contributed by atoms with Crippen LogP contribution in [0.3, 0.4) is 0 Å². The molecule has 0 fully saturated rings. The fourth-order valence-electron chi connectivity index (χ4n) is 3.02. The molecule has 1 unspecified atom stereocenters. The molecule has 30 heavy (non-hydrogen) atoms. The summed E-state index contributed by atoms with van der Waals surface area (Å²) in [7, 11) is 0. The average molecular weight is 405 g/mol. The van der Waals surface area contributed by atoms with E-state index in [4.69, 9.17) is 10.5 Å². The summed E-state index contributed by atoms with van der Waals surface area (Å²) >= 11 is 0. The number of aromatic amines is 1. The summed E-state index contributed by atoms with van der Waals surface area (Å²) in [6, 6.07) is 10.4. The highest BCUT2D eigenvalue weighted by Crippen LogP contribution is 2.31. The van der Waals surface area contributed by atoms with Gasteiger partial charge < -0.3 is 20.8 Å². The van der Waals surface area contributed by atoms with Gasteiger partial charge in [0.25, 0.3) is 0 Å². The number of nitrogens with two attached hydrogens (primary N) is 1. The molecule has 3 heterocycles. The van der Waals surface area contributed by atoms with Gasteiger partial charge in [0, 0.05) is 18.6 Å². The van der Waals surface area contributed by atoms with Crippen LogP contribution in [0.4, 0.5) is 10.1 Å². The quantitative estimate of drug-likeness (QED) is 0.425. The molecule has 3 aromatic heterocycles. The molecule has 0 aliphatic carbocycles. The van der Waals surface area contributed by atoms with E-state index in [-0.39, 0.29) is 11.3 Å². The third-order valence-corrected chi connectivity index (χ3v) is 4.41. The Morgan fingerprint density at radius 2 is 2.00 bits per heavy atom. The smallest absolute Gasteiger partial charge is 0.241 e. The van der Waals surface area contributed by atoms with Crippen molar-refractivity contribution >= 4 is 28.5 Å². The first kappa shape index (κ1) is 19.1. The monoisotopic (exact) mass is 405 g/mol. The summed E-state index contributed by atoms with van der Waals surface area (Å²) in [4.78, 5) is 35.4. The van der Waals surface area contributed by atoms with Crippen LogP contribution in [0.5, 0.6) is 11.5 Å². The minimum atomic E-state index is -1.38. The number of halogens is 1.